The van der Waals surface area contributed by atoms with Gasteiger partial charge in [0, 0.05) is 13.4 Å². The molecule has 1 heterocycles. The van der Waals surface area contributed by atoms with Crippen LogP contribution in [0.1, 0.15) is 48.9 Å². The van der Waals surface area contributed by atoms with E-state index in [-0.39, 0.29) is 22.3 Å². The van der Waals surface area contributed by atoms with Crippen molar-refractivity contribution in [1.82, 2.24) is 9.97 Å². The smallest absolute Gasteiger partial charge is 0.194 e. The second kappa shape index (κ2) is 8.49. The number of sulfone groups is 1. The van der Waals surface area contributed by atoms with Gasteiger partial charge in [-0.25, -0.2) is 17.8 Å². The Morgan fingerprint density at radius 3 is 2.43 bits per heavy atom. The highest BCUT2D eigenvalue weighted by atomic mass is 35.5. The van der Waals surface area contributed by atoms with Gasteiger partial charge in [0.25, 0.3) is 0 Å². The van der Waals surface area contributed by atoms with Crippen molar-refractivity contribution in [2.45, 2.75) is 55.9 Å². The largest absolute Gasteiger partial charge is 0.381 e. The second-order valence-electron chi connectivity index (χ2n) is 7.15. The minimum absolute atomic E-state index is 0.0209. The number of H-pyrrole nitrogens is 1. The van der Waals surface area contributed by atoms with Gasteiger partial charge < -0.3 is 14.5 Å². The van der Waals surface area contributed by atoms with Gasteiger partial charge in [-0.15, -0.1) is 0 Å². The first-order valence-electron chi connectivity index (χ1n) is 9.08. The maximum atomic E-state index is 13.6. The molecule has 0 aliphatic heterocycles. The van der Waals surface area contributed by atoms with Crippen molar-refractivity contribution in [2.75, 3.05) is 13.4 Å². The first-order chi connectivity index (χ1) is 13.2. The van der Waals surface area contributed by atoms with Crippen molar-refractivity contribution in [2.24, 2.45) is 0 Å². The Morgan fingerprint density at radius 2 is 1.89 bits per heavy atom. The molecule has 0 radical (unpaired) electrons. The van der Waals surface area contributed by atoms with Gasteiger partial charge in [-0.2, -0.15) is 0 Å². The van der Waals surface area contributed by atoms with E-state index in [9.17, 15) is 12.8 Å². The van der Waals surface area contributed by atoms with E-state index in [2.05, 4.69) is 9.97 Å². The van der Waals surface area contributed by atoms with E-state index in [0.29, 0.717) is 17.1 Å². The molecule has 0 bridgehead atoms. The molecule has 0 amide bonds. The van der Waals surface area contributed by atoms with Crippen LogP contribution in [0.3, 0.4) is 0 Å². The highest BCUT2D eigenvalue weighted by molar-refractivity contribution is 7.90. The van der Waals surface area contributed by atoms with E-state index >= 15 is 0 Å². The van der Waals surface area contributed by atoms with Crippen LogP contribution in [0.2, 0.25) is 5.02 Å². The average molecular weight is 431 g/mol. The lowest BCUT2D eigenvalue weighted by atomic mass is 9.94. The van der Waals surface area contributed by atoms with Crippen LogP contribution in [0.15, 0.2) is 23.2 Å². The van der Waals surface area contributed by atoms with Gasteiger partial charge in [0.2, 0.25) is 0 Å². The highest BCUT2D eigenvalue weighted by Gasteiger charge is 2.29. The fraction of sp³-hybridized carbons (Fsp3) is 0.526. The number of aromatic nitrogens is 2. The van der Waals surface area contributed by atoms with Crippen LogP contribution < -0.4 is 0 Å². The summed E-state index contributed by atoms with van der Waals surface area (Å²) in [5.74, 6) is -0.174. The molecular weight excluding hydrogens is 407 g/mol. The fourth-order valence-corrected chi connectivity index (χ4v) is 4.59. The molecule has 3 rings (SSSR count). The molecule has 0 saturated heterocycles. The molecule has 28 heavy (non-hydrogen) atoms. The molecule has 1 aromatic carbocycles. The molecule has 2 aromatic rings. The van der Waals surface area contributed by atoms with E-state index in [0.717, 1.165) is 31.9 Å². The third-order valence-corrected chi connectivity index (χ3v) is 6.38. The van der Waals surface area contributed by atoms with Gasteiger partial charge in [-0.1, -0.05) is 17.7 Å². The van der Waals surface area contributed by atoms with Crippen LogP contribution in [0, 0.1) is 12.7 Å². The number of nitrogens with zero attached hydrogens (tertiary/aromatic N) is 1. The Labute approximate surface area is 169 Å². The van der Waals surface area contributed by atoms with Crippen LogP contribution in [-0.4, -0.2) is 44.0 Å². The number of benzene rings is 1. The first kappa shape index (κ1) is 21.2. The monoisotopic (exact) mass is 430 g/mol. The normalized spacial score (nSPS) is 21.6. The highest BCUT2D eigenvalue weighted by Crippen LogP contribution is 2.33. The Balaban J connectivity index is 1.94. The molecule has 1 N–H and O–H groups in total. The van der Waals surface area contributed by atoms with Crippen LogP contribution in [0.5, 0.6) is 0 Å². The van der Waals surface area contributed by atoms with E-state index in [4.69, 9.17) is 21.1 Å². The number of halogens is 2. The van der Waals surface area contributed by atoms with Crippen molar-refractivity contribution in [3.8, 4) is 0 Å². The number of nitrogens with one attached hydrogen (secondary N) is 1. The van der Waals surface area contributed by atoms with Gasteiger partial charge in [0.1, 0.15) is 17.7 Å². The zero-order valence-electron chi connectivity index (χ0n) is 16.0. The van der Waals surface area contributed by atoms with Gasteiger partial charge in [0.15, 0.2) is 14.9 Å². The summed E-state index contributed by atoms with van der Waals surface area (Å²) < 4.78 is 49.3. The van der Waals surface area contributed by atoms with Crippen molar-refractivity contribution in [3.63, 3.8) is 0 Å². The predicted molar refractivity (Wildman–Crippen MR) is 104 cm³/mol. The van der Waals surface area contributed by atoms with Crippen LogP contribution >= 0.6 is 11.6 Å². The Morgan fingerprint density at radius 1 is 1.25 bits per heavy atom. The van der Waals surface area contributed by atoms with Gasteiger partial charge in [-0.3, -0.25) is 0 Å². The van der Waals surface area contributed by atoms with Crippen molar-refractivity contribution >= 4 is 21.4 Å². The minimum Gasteiger partial charge on any atom is -0.381 e. The Bertz CT molecular complexity index is 939. The van der Waals surface area contributed by atoms with Crippen LogP contribution in [0.4, 0.5) is 4.39 Å². The summed E-state index contributed by atoms with van der Waals surface area (Å²) in [5, 5.41) is -0.0480. The number of methoxy groups -OCH3 is 1. The summed E-state index contributed by atoms with van der Waals surface area (Å²) in [7, 11) is -1.79. The molecule has 9 heteroatoms. The number of ether oxygens (including phenoxy) is 2. The quantitative estimate of drug-likeness (QED) is 0.749. The van der Waals surface area contributed by atoms with Crippen molar-refractivity contribution in [1.29, 1.82) is 0 Å². The van der Waals surface area contributed by atoms with Crippen molar-refractivity contribution in [3.05, 3.63) is 46.1 Å². The topological polar surface area (TPSA) is 81.3 Å². The maximum Gasteiger partial charge on any atom is 0.194 e. The summed E-state index contributed by atoms with van der Waals surface area (Å²) >= 11 is 5.96. The summed E-state index contributed by atoms with van der Waals surface area (Å²) in [4.78, 5) is 7.29. The van der Waals surface area contributed by atoms with E-state index in [1.807, 2.05) is 0 Å². The molecule has 1 fully saturated rings. The predicted octanol–water partition coefficient (Wildman–Crippen LogP) is 3.98. The van der Waals surface area contributed by atoms with Gasteiger partial charge in [0.05, 0.1) is 22.9 Å². The molecule has 1 aromatic heterocycles. The number of aromatic amines is 1. The molecule has 1 atom stereocenters. The minimum atomic E-state index is -3.49. The zero-order valence-corrected chi connectivity index (χ0v) is 17.6. The molecule has 6 nitrogen and oxygen atoms in total. The molecule has 1 aliphatic rings. The Hall–Kier alpha value is -1.48. The number of imidazole rings is 1. The number of hydrogen-bond acceptors (Lipinski definition) is 5. The van der Waals surface area contributed by atoms with E-state index in [1.54, 1.807) is 20.1 Å². The molecule has 154 valence electrons. The molecular formula is C19H24ClFN2O4S. The van der Waals surface area contributed by atoms with E-state index in [1.165, 1.54) is 12.1 Å². The first-order valence-corrected chi connectivity index (χ1v) is 11.4. The van der Waals surface area contributed by atoms with E-state index < -0.39 is 21.8 Å². The van der Waals surface area contributed by atoms with Crippen molar-refractivity contribution < 1.29 is 22.3 Å². The molecule has 0 spiro atoms. The summed E-state index contributed by atoms with van der Waals surface area (Å²) in [5.41, 5.74) is 1.04. The van der Waals surface area contributed by atoms with Gasteiger partial charge >= 0.3 is 0 Å². The number of hydrogen-bond donors (Lipinski definition) is 1. The average Bonchev–Trinajstić information content (AvgIpc) is 3.04. The standard InChI is InChI=1S/C19H24ClFN2O4S/c1-11-19(28(3,24)25)23-18(22-11)17(12-4-9-16(21)15(20)10-12)27-14-7-5-13(26-2)6-8-14/h4,9-10,13-14,17H,5-8H2,1-3H3,(H,22,23)/t13?,14?,17-/m0/s1. The lowest BCUT2D eigenvalue weighted by Gasteiger charge is -2.30. The zero-order chi connectivity index (χ0) is 20.5. The number of aryl methyl sites for hydroxylation is 1. The molecule has 0 unspecified atom stereocenters. The summed E-state index contributed by atoms with van der Waals surface area (Å²) in [6.45, 7) is 1.64. The second-order valence-corrected chi connectivity index (χ2v) is 9.49. The lowest BCUT2D eigenvalue weighted by Crippen LogP contribution is -2.27. The van der Waals surface area contributed by atoms with Crippen LogP contribution in [0.25, 0.3) is 0 Å². The third-order valence-electron chi connectivity index (χ3n) is 4.99. The number of rotatable bonds is 6. The third kappa shape index (κ3) is 4.74. The molecule has 1 saturated carbocycles. The Kier molecular flexibility index (Phi) is 6.44. The summed E-state index contributed by atoms with van der Waals surface area (Å²) in [6.07, 6.45) is 3.97. The molecule has 1 aliphatic carbocycles. The SMILES string of the molecule is COC1CCC(O[C@@H](c2ccc(F)c(Cl)c2)c2nc(S(C)(=O)=O)c(C)[nH]2)CC1. The lowest BCUT2D eigenvalue weighted by molar-refractivity contribution is -0.0443. The van der Waals surface area contributed by atoms with Crippen LogP contribution in [-0.2, 0) is 19.3 Å². The fourth-order valence-electron chi connectivity index (χ4n) is 3.52. The van der Waals surface area contributed by atoms with Gasteiger partial charge in [-0.05, 0) is 50.3 Å². The summed E-state index contributed by atoms with van der Waals surface area (Å²) in [6, 6.07) is 4.33. The maximum absolute atomic E-state index is 13.6.